The number of hydrogen-bond donors (Lipinski definition) is 1. The fraction of sp³-hybridized carbons (Fsp3) is 0.433. The quantitative estimate of drug-likeness (QED) is 0.396. The minimum Gasteiger partial charge on any atom is -0.507 e. The van der Waals surface area contributed by atoms with Crippen molar-refractivity contribution in [2.75, 3.05) is 40.5 Å². The third-order valence-corrected chi connectivity index (χ3v) is 7.33. The molecule has 1 fully saturated rings. The number of benzene rings is 2. The van der Waals surface area contributed by atoms with Gasteiger partial charge in [-0.05, 0) is 67.6 Å². The second kappa shape index (κ2) is 13.4. The molecule has 1 aliphatic rings. The van der Waals surface area contributed by atoms with Gasteiger partial charge in [-0.3, -0.25) is 14.8 Å². The molecule has 3 aromatic rings. The molecule has 0 aliphatic carbocycles. The summed E-state index contributed by atoms with van der Waals surface area (Å²) >= 11 is 0. The van der Waals surface area contributed by atoms with Crippen molar-refractivity contribution in [2.45, 2.75) is 38.4 Å². The van der Waals surface area contributed by atoms with Gasteiger partial charge in [-0.2, -0.15) is 0 Å². The molecule has 36 heavy (non-hydrogen) atoms. The number of aromatic nitrogens is 1. The minimum absolute atomic E-state index is 0.306. The molecule has 192 valence electrons. The van der Waals surface area contributed by atoms with E-state index in [0.717, 1.165) is 56.8 Å². The Kier molecular flexibility index (Phi) is 9.73. The number of phenols is 1. The summed E-state index contributed by atoms with van der Waals surface area (Å²) in [6.45, 7) is 5.16. The monoisotopic (exact) mass is 489 g/mol. The van der Waals surface area contributed by atoms with Crippen LogP contribution in [0.25, 0.3) is 0 Å². The number of phenolic OH excluding ortho intramolecular Hbond substituents is 1. The summed E-state index contributed by atoms with van der Waals surface area (Å²) in [6, 6.07) is 20.9. The van der Waals surface area contributed by atoms with E-state index in [-0.39, 0.29) is 0 Å². The van der Waals surface area contributed by atoms with Gasteiger partial charge in [0.1, 0.15) is 11.5 Å². The molecule has 4 rings (SSSR count). The van der Waals surface area contributed by atoms with Crippen LogP contribution in [-0.2, 0) is 24.2 Å². The fourth-order valence-corrected chi connectivity index (χ4v) is 5.37. The zero-order valence-corrected chi connectivity index (χ0v) is 21.6. The third kappa shape index (κ3) is 7.06. The van der Waals surface area contributed by atoms with Gasteiger partial charge in [0, 0.05) is 50.7 Å². The first-order chi connectivity index (χ1) is 17.7. The van der Waals surface area contributed by atoms with Crippen molar-refractivity contribution in [3.63, 3.8) is 0 Å². The van der Waals surface area contributed by atoms with Crippen molar-refractivity contribution in [3.8, 4) is 11.5 Å². The number of aromatic hydroxyl groups is 1. The summed E-state index contributed by atoms with van der Waals surface area (Å²) in [6.07, 6.45) is 7.05. The van der Waals surface area contributed by atoms with Gasteiger partial charge in [0.05, 0.1) is 13.7 Å². The van der Waals surface area contributed by atoms with Crippen LogP contribution in [-0.4, -0.2) is 66.4 Å². The SMILES string of the molecule is COCCN(Cc1cccnc1)C(Cc1ccccc1)C1CCN(Cc2c(O)cccc2OC)CC1. The van der Waals surface area contributed by atoms with E-state index in [1.165, 1.54) is 11.1 Å². The number of methoxy groups -OCH3 is 2. The maximum atomic E-state index is 10.4. The summed E-state index contributed by atoms with van der Waals surface area (Å²) in [4.78, 5) is 9.39. The van der Waals surface area contributed by atoms with E-state index < -0.39 is 0 Å². The van der Waals surface area contributed by atoms with Gasteiger partial charge in [-0.1, -0.05) is 42.5 Å². The molecule has 0 radical (unpaired) electrons. The second-order valence-electron chi connectivity index (χ2n) is 9.65. The average molecular weight is 490 g/mol. The molecule has 2 heterocycles. The van der Waals surface area contributed by atoms with Crippen LogP contribution < -0.4 is 4.74 Å². The Bertz CT molecular complexity index is 1040. The largest absolute Gasteiger partial charge is 0.507 e. The fourth-order valence-electron chi connectivity index (χ4n) is 5.37. The molecule has 1 atom stereocenters. The summed E-state index contributed by atoms with van der Waals surface area (Å²) in [7, 11) is 3.44. The third-order valence-electron chi connectivity index (χ3n) is 7.33. The van der Waals surface area contributed by atoms with Crippen molar-refractivity contribution in [1.29, 1.82) is 0 Å². The number of piperidine rings is 1. The normalized spacial score (nSPS) is 15.8. The molecule has 0 spiro atoms. The first kappa shape index (κ1) is 26.1. The first-order valence-electron chi connectivity index (χ1n) is 12.9. The Balaban J connectivity index is 1.49. The smallest absolute Gasteiger partial charge is 0.127 e. The van der Waals surface area contributed by atoms with E-state index in [0.29, 0.717) is 30.9 Å². The molecule has 1 N–H and O–H groups in total. The Morgan fingerprint density at radius 2 is 1.78 bits per heavy atom. The topological polar surface area (TPSA) is 58.1 Å². The first-order valence-corrected chi connectivity index (χ1v) is 12.9. The van der Waals surface area contributed by atoms with Crippen LogP contribution in [0.4, 0.5) is 0 Å². The number of likely N-dealkylation sites (tertiary alicyclic amines) is 1. The highest BCUT2D eigenvalue weighted by Crippen LogP contribution is 2.32. The Morgan fingerprint density at radius 3 is 2.47 bits per heavy atom. The molecule has 2 aromatic carbocycles. The summed E-state index contributed by atoms with van der Waals surface area (Å²) < 4.78 is 11.0. The Hall–Kier alpha value is -2.93. The predicted octanol–water partition coefficient (Wildman–Crippen LogP) is 4.77. The van der Waals surface area contributed by atoms with Crippen LogP contribution in [0, 0.1) is 5.92 Å². The molecule has 6 nitrogen and oxygen atoms in total. The van der Waals surface area contributed by atoms with E-state index in [9.17, 15) is 5.11 Å². The molecular weight excluding hydrogens is 450 g/mol. The van der Waals surface area contributed by atoms with Crippen molar-refractivity contribution < 1.29 is 14.6 Å². The van der Waals surface area contributed by atoms with E-state index in [4.69, 9.17) is 9.47 Å². The van der Waals surface area contributed by atoms with Gasteiger partial charge in [-0.25, -0.2) is 0 Å². The van der Waals surface area contributed by atoms with Gasteiger partial charge in [-0.15, -0.1) is 0 Å². The van der Waals surface area contributed by atoms with Crippen molar-refractivity contribution in [3.05, 3.63) is 89.7 Å². The number of ether oxygens (including phenoxy) is 2. The zero-order chi connectivity index (χ0) is 25.2. The van der Waals surface area contributed by atoms with Crippen LogP contribution in [0.1, 0.15) is 29.5 Å². The number of pyridine rings is 1. The molecule has 1 unspecified atom stereocenters. The molecule has 0 amide bonds. The van der Waals surface area contributed by atoms with E-state index in [1.807, 2.05) is 30.6 Å². The van der Waals surface area contributed by atoms with Gasteiger partial charge < -0.3 is 14.6 Å². The Morgan fingerprint density at radius 1 is 1.00 bits per heavy atom. The van der Waals surface area contributed by atoms with Crippen molar-refractivity contribution in [2.24, 2.45) is 5.92 Å². The van der Waals surface area contributed by atoms with Crippen molar-refractivity contribution >= 4 is 0 Å². The van der Waals surface area contributed by atoms with Crippen LogP contribution in [0.15, 0.2) is 73.1 Å². The van der Waals surface area contributed by atoms with Crippen LogP contribution >= 0.6 is 0 Å². The predicted molar refractivity (Wildman–Crippen MR) is 143 cm³/mol. The molecular formula is C30H39N3O3. The summed E-state index contributed by atoms with van der Waals surface area (Å²) in [5.74, 6) is 1.63. The highest BCUT2D eigenvalue weighted by atomic mass is 16.5. The van der Waals surface area contributed by atoms with Crippen LogP contribution in [0.3, 0.4) is 0 Å². The molecule has 1 aromatic heterocycles. The van der Waals surface area contributed by atoms with E-state index >= 15 is 0 Å². The number of rotatable bonds is 12. The molecule has 1 saturated heterocycles. The van der Waals surface area contributed by atoms with Crippen LogP contribution in [0.5, 0.6) is 11.5 Å². The minimum atomic E-state index is 0.306. The lowest BCUT2D eigenvalue weighted by Crippen LogP contribution is -2.47. The van der Waals surface area contributed by atoms with Gasteiger partial charge in [0.2, 0.25) is 0 Å². The van der Waals surface area contributed by atoms with Crippen molar-refractivity contribution in [1.82, 2.24) is 14.8 Å². The lowest BCUT2D eigenvalue weighted by molar-refractivity contribution is 0.0568. The molecule has 6 heteroatoms. The van der Waals surface area contributed by atoms with E-state index in [2.05, 4.69) is 51.2 Å². The lowest BCUT2D eigenvalue weighted by atomic mass is 9.84. The van der Waals surface area contributed by atoms with Gasteiger partial charge >= 0.3 is 0 Å². The molecule has 1 aliphatic heterocycles. The maximum absolute atomic E-state index is 10.4. The zero-order valence-electron chi connectivity index (χ0n) is 21.6. The highest BCUT2D eigenvalue weighted by molar-refractivity contribution is 5.43. The maximum Gasteiger partial charge on any atom is 0.127 e. The summed E-state index contributed by atoms with van der Waals surface area (Å²) in [5, 5.41) is 10.4. The highest BCUT2D eigenvalue weighted by Gasteiger charge is 2.31. The summed E-state index contributed by atoms with van der Waals surface area (Å²) in [5.41, 5.74) is 3.48. The lowest BCUT2D eigenvalue weighted by Gasteiger charge is -2.41. The number of hydrogen-bond acceptors (Lipinski definition) is 6. The number of nitrogens with zero attached hydrogens (tertiary/aromatic N) is 3. The molecule has 0 bridgehead atoms. The Labute approximate surface area is 215 Å². The second-order valence-corrected chi connectivity index (χ2v) is 9.65. The molecule has 0 saturated carbocycles. The average Bonchev–Trinajstić information content (AvgIpc) is 2.92. The van der Waals surface area contributed by atoms with Gasteiger partial charge in [0.25, 0.3) is 0 Å². The van der Waals surface area contributed by atoms with Crippen LogP contribution in [0.2, 0.25) is 0 Å². The van der Waals surface area contributed by atoms with Gasteiger partial charge in [0.15, 0.2) is 0 Å². The standard InChI is InChI=1S/C30H39N3O3/c1-35-19-18-33(22-25-10-7-15-31-21-25)28(20-24-8-4-3-5-9-24)26-13-16-32(17-14-26)23-27-29(34)11-6-12-30(27)36-2/h3-12,15,21,26,28,34H,13-14,16-20,22-23H2,1-2H3. The van der Waals surface area contributed by atoms with E-state index in [1.54, 1.807) is 20.3 Å².